The second-order valence-corrected chi connectivity index (χ2v) is 7.07. The van der Waals surface area contributed by atoms with Crippen LogP contribution >= 0.6 is 0 Å². The van der Waals surface area contributed by atoms with Crippen molar-refractivity contribution in [3.05, 3.63) is 0 Å². The average molecular weight is 209 g/mol. The molecule has 0 radical (unpaired) electrons. The van der Waals surface area contributed by atoms with Crippen molar-refractivity contribution in [1.82, 2.24) is 4.90 Å². The molecule has 1 heteroatoms. The van der Waals surface area contributed by atoms with Gasteiger partial charge in [-0.15, -0.1) is 0 Å². The maximum Gasteiger partial charge on any atom is 0.0125 e. The smallest absolute Gasteiger partial charge is 0.0125 e. The summed E-state index contributed by atoms with van der Waals surface area (Å²) in [4.78, 5) is 2.69. The highest BCUT2D eigenvalue weighted by molar-refractivity contribution is 4.96. The van der Waals surface area contributed by atoms with E-state index in [4.69, 9.17) is 0 Å². The van der Waals surface area contributed by atoms with Gasteiger partial charge in [-0.25, -0.2) is 0 Å². The Morgan fingerprint density at radius 2 is 1.47 bits per heavy atom. The monoisotopic (exact) mass is 209 g/mol. The molecule has 2 atom stereocenters. The van der Waals surface area contributed by atoms with Crippen LogP contribution in [-0.2, 0) is 0 Å². The summed E-state index contributed by atoms with van der Waals surface area (Å²) in [6, 6.07) is 0. The van der Waals surface area contributed by atoms with Crippen LogP contribution in [0.2, 0.25) is 0 Å². The van der Waals surface area contributed by atoms with E-state index < -0.39 is 0 Å². The van der Waals surface area contributed by atoms with Crippen molar-refractivity contribution in [1.29, 1.82) is 0 Å². The molecule has 88 valence electrons. The first-order chi connectivity index (χ1) is 6.88. The molecule has 0 aromatic rings. The Labute approximate surface area is 95.2 Å². The van der Waals surface area contributed by atoms with E-state index >= 15 is 0 Å². The molecule has 0 aromatic heterocycles. The summed E-state index contributed by atoms with van der Waals surface area (Å²) in [6.45, 7) is 14.6. The number of rotatable bonds is 1. The highest BCUT2D eigenvalue weighted by atomic mass is 15.2. The zero-order chi connectivity index (χ0) is 11.2. The summed E-state index contributed by atoms with van der Waals surface area (Å²) in [5, 5.41) is 0. The Balaban J connectivity index is 1.94. The van der Waals surface area contributed by atoms with Gasteiger partial charge in [0.15, 0.2) is 0 Å². The fraction of sp³-hybridized carbons (Fsp3) is 1.00. The molecule has 2 fully saturated rings. The Morgan fingerprint density at radius 3 is 1.80 bits per heavy atom. The molecular formula is C14H27N. The predicted molar refractivity (Wildman–Crippen MR) is 65.9 cm³/mol. The molecule has 1 saturated heterocycles. The minimum Gasteiger partial charge on any atom is -0.298 e. The second-order valence-electron chi connectivity index (χ2n) is 7.07. The van der Waals surface area contributed by atoms with E-state index in [-0.39, 0.29) is 0 Å². The van der Waals surface area contributed by atoms with Gasteiger partial charge in [-0.1, -0.05) is 13.8 Å². The van der Waals surface area contributed by atoms with E-state index in [1.54, 1.807) is 0 Å². The maximum absolute atomic E-state index is 2.69. The van der Waals surface area contributed by atoms with Gasteiger partial charge in [0.1, 0.15) is 0 Å². The van der Waals surface area contributed by atoms with E-state index in [9.17, 15) is 0 Å². The first kappa shape index (κ1) is 11.4. The Bertz CT molecular complexity index is 212. The SMILES string of the molecule is CC(C)C1C[C@H]2CN(C(C)(C)C)C[C@@H]2C1. The van der Waals surface area contributed by atoms with Gasteiger partial charge < -0.3 is 0 Å². The Hall–Kier alpha value is -0.0400. The molecule has 1 heterocycles. The van der Waals surface area contributed by atoms with Crippen LogP contribution in [0.1, 0.15) is 47.5 Å². The number of nitrogens with zero attached hydrogens (tertiary/aromatic N) is 1. The van der Waals surface area contributed by atoms with Gasteiger partial charge in [0, 0.05) is 18.6 Å². The molecule has 1 aliphatic carbocycles. The first-order valence-electron chi connectivity index (χ1n) is 6.63. The number of fused-ring (bicyclic) bond motifs is 1. The summed E-state index contributed by atoms with van der Waals surface area (Å²) in [5.74, 6) is 3.94. The minimum atomic E-state index is 0.387. The van der Waals surface area contributed by atoms with Crippen LogP contribution < -0.4 is 0 Å². The Kier molecular flexibility index (Phi) is 2.87. The van der Waals surface area contributed by atoms with Gasteiger partial charge in [-0.2, -0.15) is 0 Å². The fourth-order valence-corrected chi connectivity index (χ4v) is 3.44. The normalized spacial score (nSPS) is 34.0. The minimum absolute atomic E-state index is 0.387. The lowest BCUT2D eigenvalue weighted by molar-refractivity contribution is 0.154. The van der Waals surface area contributed by atoms with Crippen molar-refractivity contribution < 1.29 is 0 Å². The molecular weight excluding hydrogens is 182 g/mol. The lowest BCUT2D eigenvalue weighted by Crippen LogP contribution is -2.40. The van der Waals surface area contributed by atoms with Crippen LogP contribution in [0.15, 0.2) is 0 Å². The summed E-state index contributed by atoms with van der Waals surface area (Å²) in [5.41, 5.74) is 0.387. The van der Waals surface area contributed by atoms with Crippen molar-refractivity contribution in [3.8, 4) is 0 Å². The zero-order valence-corrected chi connectivity index (χ0v) is 11.1. The van der Waals surface area contributed by atoms with Gasteiger partial charge in [0.25, 0.3) is 0 Å². The van der Waals surface area contributed by atoms with E-state index in [1.807, 2.05) is 0 Å². The lowest BCUT2D eigenvalue weighted by atomic mass is 9.92. The molecule has 1 aliphatic heterocycles. The van der Waals surface area contributed by atoms with Crippen LogP contribution in [0.4, 0.5) is 0 Å². The number of hydrogen-bond acceptors (Lipinski definition) is 1. The predicted octanol–water partition coefficient (Wildman–Crippen LogP) is 3.40. The first-order valence-corrected chi connectivity index (χ1v) is 6.63. The summed E-state index contributed by atoms with van der Waals surface area (Å²) in [6.07, 6.45) is 2.99. The molecule has 1 saturated carbocycles. The van der Waals surface area contributed by atoms with Gasteiger partial charge in [-0.3, -0.25) is 4.90 Å². The molecule has 0 bridgehead atoms. The molecule has 15 heavy (non-hydrogen) atoms. The molecule has 2 rings (SSSR count). The van der Waals surface area contributed by atoms with Crippen molar-refractivity contribution in [2.45, 2.75) is 53.0 Å². The summed E-state index contributed by atoms with van der Waals surface area (Å²) in [7, 11) is 0. The third kappa shape index (κ3) is 2.22. The zero-order valence-electron chi connectivity index (χ0n) is 11.1. The van der Waals surface area contributed by atoms with Crippen LogP contribution in [0.3, 0.4) is 0 Å². The number of hydrogen-bond donors (Lipinski definition) is 0. The third-order valence-electron chi connectivity index (χ3n) is 4.68. The van der Waals surface area contributed by atoms with Crippen LogP contribution in [0, 0.1) is 23.7 Å². The van der Waals surface area contributed by atoms with E-state index in [2.05, 4.69) is 39.5 Å². The molecule has 0 amide bonds. The summed E-state index contributed by atoms with van der Waals surface area (Å²) < 4.78 is 0. The second kappa shape index (κ2) is 3.76. The summed E-state index contributed by atoms with van der Waals surface area (Å²) >= 11 is 0. The standard InChI is InChI=1S/C14H27N/c1-10(2)11-6-12-8-15(14(3,4)5)9-13(12)7-11/h10-13H,6-9H2,1-5H3/t12-,13-/m0/s1. The number of likely N-dealkylation sites (tertiary alicyclic amines) is 1. The van der Waals surface area contributed by atoms with Gasteiger partial charge >= 0.3 is 0 Å². The fourth-order valence-electron chi connectivity index (χ4n) is 3.44. The highest BCUT2D eigenvalue weighted by Crippen LogP contribution is 2.45. The quantitative estimate of drug-likeness (QED) is 0.640. The highest BCUT2D eigenvalue weighted by Gasteiger charge is 2.43. The average Bonchev–Trinajstić information content (AvgIpc) is 2.55. The van der Waals surface area contributed by atoms with Gasteiger partial charge in [0.05, 0.1) is 0 Å². The van der Waals surface area contributed by atoms with Crippen LogP contribution in [-0.4, -0.2) is 23.5 Å². The molecule has 2 aliphatic rings. The molecule has 0 unspecified atom stereocenters. The molecule has 0 N–H and O–H groups in total. The van der Waals surface area contributed by atoms with E-state index in [0.29, 0.717) is 5.54 Å². The van der Waals surface area contributed by atoms with Crippen molar-refractivity contribution in [3.63, 3.8) is 0 Å². The van der Waals surface area contributed by atoms with Crippen molar-refractivity contribution in [2.75, 3.05) is 13.1 Å². The van der Waals surface area contributed by atoms with Crippen molar-refractivity contribution in [2.24, 2.45) is 23.7 Å². The Morgan fingerprint density at radius 1 is 1.00 bits per heavy atom. The van der Waals surface area contributed by atoms with Gasteiger partial charge in [-0.05, 0) is 57.3 Å². The molecule has 0 aromatic carbocycles. The largest absolute Gasteiger partial charge is 0.298 e. The van der Waals surface area contributed by atoms with Crippen molar-refractivity contribution >= 4 is 0 Å². The molecule has 1 nitrogen and oxygen atoms in total. The van der Waals surface area contributed by atoms with E-state index in [0.717, 1.165) is 23.7 Å². The lowest BCUT2D eigenvalue weighted by Gasteiger charge is -2.33. The third-order valence-corrected chi connectivity index (χ3v) is 4.68. The maximum atomic E-state index is 2.69. The van der Waals surface area contributed by atoms with E-state index in [1.165, 1.54) is 25.9 Å². The molecule has 0 spiro atoms. The van der Waals surface area contributed by atoms with Gasteiger partial charge in [0.2, 0.25) is 0 Å². The van der Waals surface area contributed by atoms with Crippen LogP contribution in [0.5, 0.6) is 0 Å². The van der Waals surface area contributed by atoms with Crippen LogP contribution in [0.25, 0.3) is 0 Å². The topological polar surface area (TPSA) is 3.24 Å².